The van der Waals surface area contributed by atoms with Gasteiger partial charge in [-0.15, -0.1) is 0 Å². The molecule has 5 heteroatoms. The van der Waals surface area contributed by atoms with Crippen LogP contribution in [0.25, 0.3) is 0 Å². The van der Waals surface area contributed by atoms with Crippen molar-refractivity contribution in [1.82, 2.24) is 9.97 Å². The molecule has 0 spiro atoms. The van der Waals surface area contributed by atoms with E-state index in [-0.39, 0.29) is 0 Å². The Hall–Kier alpha value is -1.75. The summed E-state index contributed by atoms with van der Waals surface area (Å²) in [4.78, 5) is 8.27. The first kappa shape index (κ1) is 14.7. The van der Waals surface area contributed by atoms with Crippen LogP contribution in [0.3, 0.4) is 0 Å². The van der Waals surface area contributed by atoms with Gasteiger partial charge in [-0.25, -0.2) is 4.98 Å². The predicted octanol–water partition coefficient (Wildman–Crippen LogP) is 3.37. The summed E-state index contributed by atoms with van der Waals surface area (Å²) in [5.41, 5.74) is 10.3. The van der Waals surface area contributed by atoms with E-state index in [1.54, 1.807) is 11.8 Å². The lowest BCUT2D eigenvalue weighted by Crippen LogP contribution is -2.02. The molecule has 1 heterocycles. The second-order valence-corrected chi connectivity index (χ2v) is 5.58. The van der Waals surface area contributed by atoms with Gasteiger partial charge in [0.05, 0.1) is 6.61 Å². The number of hydrogen-bond donors (Lipinski definition) is 1. The number of benzene rings is 1. The first-order chi connectivity index (χ1) is 9.60. The molecule has 0 aliphatic heterocycles. The van der Waals surface area contributed by atoms with Crippen LogP contribution in [0.4, 0.5) is 5.69 Å². The maximum atomic E-state index is 6.02. The predicted molar refractivity (Wildman–Crippen MR) is 83.1 cm³/mol. The van der Waals surface area contributed by atoms with E-state index in [1.165, 1.54) is 23.0 Å². The van der Waals surface area contributed by atoms with Crippen LogP contribution in [0.5, 0.6) is 5.88 Å². The van der Waals surface area contributed by atoms with Gasteiger partial charge in [0, 0.05) is 5.75 Å². The lowest BCUT2D eigenvalue weighted by molar-refractivity contribution is 0.327. The Bertz CT molecular complexity index is 581. The van der Waals surface area contributed by atoms with Gasteiger partial charge in [-0.3, -0.25) is 0 Å². The molecule has 2 N–H and O–H groups in total. The Kier molecular flexibility index (Phi) is 4.84. The molecule has 0 amide bonds. The Morgan fingerprint density at radius 1 is 1.15 bits per heavy atom. The smallest absolute Gasteiger partial charge is 0.241 e. The van der Waals surface area contributed by atoms with Crippen molar-refractivity contribution in [2.75, 3.05) is 12.3 Å². The van der Waals surface area contributed by atoms with E-state index in [4.69, 9.17) is 10.5 Å². The maximum absolute atomic E-state index is 6.02. The van der Waals surface area contributed by atoms with Gasteiger partial charge in [-0.2, -0.15) is 4.98 Å². The van der Waals surface area contributed by atoms with Crippen molar-refractivity contribution < 1.29 is 4.74 Å². The molecule has 0 unspecified atom stereocenters. The molecule has 1 aromatic heterocycles. The van der Waals surface area contributed by atoms with Gasteiger partial charge in [0.25, 0.3) is 0 Å². The third-order valence-corrected chi connectivity index (χ3v) is 3.83. The first-order valence-corrected chi connectivity index (χ1v) is 7.52. The van der Waals surface area contributed by atoms with Crippen LogP contribution < -0.4 is 10.5 Å². The van der Waals surface area contributed by atoms with Gasteiger partial charge < -0.3 is 10.5 Å². The van der Waals surface area contributed by atoms with Gasteiger partial charge in [0.2, 0.25) is 5.88 Å². The van der Waals surface area contributed by atoms with Crippen molar-refractivity contribution in [2.24, 2.45) is 0 Å². The number of ether oxygens (including phenoxy) is 1. The summed E-state index contributed by atoms with van der Waals surface area (Å²) >= 11 is 1.60. The zero-order valence-corrected chi connectivity index (χ0v) is 12.8. The Morgan fingerprint density at radius 2 is 1.85 bits per heavy atom. The number of aromatic nitrogens is 2. The molecule has 2 rings (SSSR count). The van der Waals surface area contributed by atoms with Gasteiger partial charge in [0.1, 0.15) is 17.0 Å². The third-order valence-electron chi connectivity index (χ3n) is 2.75. The monoisotopic (exact) mass is 289 g/mol. The third kappa shape index (κ3) is 3.63. The summed E-state index contributed by atoms with van der Waals surface area (Å²) in [6.45, 7) is 6.66. The van der Waals surface area contributed by atoms with Crippen molar-refractivity contribution in [3.8, 4) is 5.88 Å². The van der Waals surface area contributed by atoms with Crippen LogP contribution in [0.1, 0.15) is 23.6 Å². The molecule has 0 aliphatic carbocycles. The number of anilines is 1. The molecule has 20 heavy (non-hydrogen) atoms. The quantitative estimate of drug-likeness (QED) is 0.675. The molecule has 0 atom stereocenters. The van der Waals surface area contributed by atoms with E-state index < -0.39 is 0 Å². The van der Waals surface area contributed by atoms with Crippen LogP contribution in [-0.2, 0) is 5.75 Å². The fourth-order valence-corrected chi connectivity index (χ4v) is 2.87. The molecule has 4 nitrogen and oxygen atoms in total. The summed E-state index contributed by atoms with van der Waals surface area (Å²) in [5, 5.41) is 0.766. The molecule has 0 aliphatic rings. The minimum absolute atomic E-state index is 0.463. The summed E-state index contributed by atoms with van der Waals surface area (Å²) in [5.74, 6) is 1.29. The van der Waals surface area contributed by atoms with Crippen molar-refractivity contribution in [3.63, 3.8) is 0 Å². The molecule has 0 bridgehead atoms. The molecule has 0 fully saturated rings. The van der Waals surface area contributed by atoms with Crippen molar-refractivity contribution >= 4 is 17.4 Å². The van der Waals surface area contributed by atoms with Crippen LogP contribution in [-0.4, -0.2) is 16.6 Å². The highest BCUT2D eigenvalue weighted by Gasteiger charge is 2.09. The van der Waals surface area contributed by atoms with Crippen molar-refractivity contribution in [1.29, 1.82) is 0 Å². The second-order valence-electron chi connectivity index (χ2n) is 4.62. The maximum Gasteiger partial charge on any atom is 0.241 e. The average molecular weight is 289 g/mol. The molecule has 0 saturated carbocycles. The molecular weight excluding hydrogens is 270 g/mol. The summed E-state index contributed by atoms with van der Waals surface area (Å²) < 4.78 is 5.38. The van der Waals surface area contributed by atoms with Crippen LogP contribution >= 0.6 is 11.8 Å². The molecule has 2 aromatic rings. The normalized spacial score (nSPS) is 10.6. The number of rotatable bonds is 5. The standard InChI is InChI=1S/C15H19N3OS/c1-4-19-14-13(16)15(18-9-17-14)20-8-12-6-10(2)5-11(3)7-12/h5-7,9H,4,8,16H2,1-3H3. The zero-order chi connectivity index (χ0) is 14.5. The lowest BCUT2D eigenvalue weighted by atomic mass is 10.1. The first-order valence-electron chi connectivity index (χ1n) is 6.53. The summed E-state index contributed by atoms with van der Waals surface area (Å²) in [6, 6.07) is 6.53. The van der Waals surface area contributed by atoms with Gasteiger partial charge in [-0.1, -0.05) is 41.1 Å². The largest absolute Gasteiger partial charge is 0.476 e. The SMILES string of the molecule is CCOc1ncnc(SCc2cc(C)cc(C)c2)c1N. The van der Waals surface area contributed by atoms with E-state index in [9.17, 15) is 0 Å². The van der Waals surface area contributed by atoms with E-state index in [0.717, 1.165) is 10.8 Å². The van der Waals surface area contributed by atoms with E-state index in [0.29, 0.717) is 18.2 Å². The Balaban J connectivity index is 2.12. The van der Waals surface area contributed by atoms with Crippen LogP contribution in [0, 0.1) is 13.8 Å². The number of nitrogens with zero attached hydrogens (tertiary/aromatic N) is 2. The summed E-state index contributed by atoms with van der Waals surface area (Å²) in [7, 11) is 0. The van der Waals surface area contributed by atoms with Crippen LogP contribution in [0.2, 0.25) is 0 Å². The Morgan fingerprint density at radius 3 is 2.50 bits per heavy atom. The van der Waals surface area contributed by atoms with Gasteiger partial charge in [-0.05, 0) is 26.3 Å². The fraction of sp³-hybridized carbons (Fsp3) is 0.333. The highest BCUT2D eigenvalue weighted by Crippen LogP contribution is 2.31. The van der Waals surface area contributed by atoms with E-state index in [1.807, 2.05) is 6.92 Å². The number of aryl methyl sites for hydroxylation is 2. The summed E-state index contributed by atoms with van der Waals surface area (Å²) in [6.07, 6.45) is 1.49. The molecular formula is C15H19N3OS. The van der Waals surface area contributed by atoms with Crippen molar-refractivity contribution in [3.05, 3.63) is 41.2 Å². The second kappa shape index (κ2) is 6.61. The minimum atomic E-state index is 0.463. The highest BCUT2D eigenvalue weighted by molar-refractivity contribution is 7.98. The number of hydrogen-bond acceptors (Lipinski definition) is 5. The molecule has 106 valence electrons. The van der Waals surface area contributed by atoms with Crippen LogP contribution in [0.15, 0.2) is 29.6 Å². The van der Waals surface area contributed by atoms with Gasteiger partial charge >= 0.3 is 0 Å². The zero-order valence-electron chi connectivity index (χ0n) is 12.0. The number of nitrogens with two attached hydrogens (primary N) is 1. The lowest BCUT2D eigenvalue weighted by Gasteiger charge is -2.09. The van der Waals surface area contributed by atoms with E-state index >= 15 is 0 Å². The topological polar surface area (TPSA) is 61.0 Å². The minimum Gasteiger partial charge on any atom is -0.476 e. The van der Waals surface area contributed by atoms with Gasteiger partial charge in [0.15, 0.2) is 0 Å². The van der Waals surface area contributed by atoms with Crippen molar-refractivity contribution in [2.45, 2.75) is 31.6 Å². The average Bonchev–Trinajstić information content (AvgIpc) is 2.39. The number of thioether (sulfide) groups is 1. The highest BCUT2D eigenvalue weighted by atomic mass is 32.2. The Labute approximate surface area is 123 Å². The number of nitrogen functional groups attached to an aromatic ring is 1. The molecule has 0 saturated heterocycles. The molecule has 1 aromatic carbocycles. The van der Waals surface area contributed by atoms with E-state index in [2.05, 4.69) is 42.0 Å². The fourth-order valence-electron chi connectivity index (χ4n) is 2.04. The molecule has 0 radical (unpaired) electrons.